The van der Waals surface area contributed by atoms with Crippen molar-refractivity contribution < 1.29 is 14.7 Å². The molecule has 2 N–H and O–H groups in total. The van der Waals surface area contributed by atoms with Crippen molar-refractivity contribution >= 4 is 35.1 Å². The first-order valence-corrected chi connectivity index (χ1v) is 7.76. The van der Waals surface area contributed by atoms with Gasteiger partial charge in [-0.2, -0.15) is 0 Å². The lowest BCUT2D eigenvalue weighted by Crippen LogP contribution is -2.49. The number of carbonyl (C=O) groups excluding carboxylic acids is 1. The Balaban J connectivity index is 2.04. The van der Waals surface area contributed by atoms with Crippen LogP contribution in [0.25, 0.3) is 0 Å². The molecule has 0 aromatic carbocycles. The number of thioether (sulfide) groups is 1. The van der Waals surface area contributed by atoms with Gasteiger partial charge in [0.05, 0.1) is 11.4 Å². The molecule has 1 aliphatic heterocycles. The van der Waals surface area contributed by atoms with E-state index in [4.69, 9.17) is 5.11 Å². The first-order chi connectivity index (χ1) is 9.00. The second-order valence-corrected chi connectivity index (χ2v) is 6.51. The summed E-state index contributed by atoms with van der Waals surface area (Å²) >= 11 is 2.92. The maximum atomic E-state index is 12.2. The average Bonchev–Trinajstić information content (AvgIpc) is 2.96. The number of hydrogen-bond donors (Lipinski definition) is 2. The highest BCUT2D eigenvalue weighted by Crippen LogP contribution is 2.29. The molecule has 6 nitrogen and oxygen atoms in total. The Morgan fingerprint density at radius 3 is 2.95 bits per heavy atom. The first-order valence-electron chi connectivity index (χ1n) is 5.83. The van der Waals surface area contributed by atoms with Gasteiger partial charge in [-0.25, -0.2) is 14.6 Å². The lowest BCUT2D eigenvalue weighted by atomic mass is 10.3. The van der Waals surface area contributed by atoms with Crippen LogP contribution in [-0.4, -0.2) is 44.2 Å². The average molecular weight is 301 g/mol. The van der Waals surface area contributed by atoms with Gasteiger partial charge in [-0.1, -0.05) is 0 Å². The molecule has 1 aromatic heterocycles. The number of amides is 2. The summed E-state index contributed by atoms with van der Waals surface area (Å²) in [6, 6.07) is -1.34. The summed E-state index contributed by atoms with van der Waals surface area (Å²) in [5, 5.41) is 14.4. The van der Waals surface area contributed by atoms with Gasteiger partial charge in [0.15, 0.2) is 0 Å². The first kappa shape index (κ1) is 14.1. The van der Waals surface area contributed by atoms with Crippen LogP contribution in [0.15, 0.2) is 11.6 Å². The number of hydrogen-bond acceptors (Lipinski definition) is 5. The number of aromatic nitrogens is 1. The van der Waals surface area contributed by atoms with Crippen LogP contribution in [0.2, 0.25) is 0 Å². The minimum absolute atomic E-state index is 0.135. The molecule has 3 atom stereocenters. The Hall–Kier alpha value is -1.28. The molecule has 0 spiro atoms. The molecule has 0 bridgehead atoms. The van der Waals surface area contributed by atoms with Crippen molar-refractivity contribution in [1.82, 2.24) is 15.2 Å². The van der Waals surface area contributed by atoms with E-state index in [9.17, 15) is 9.59 Å². The zero-order valence-corrected chi connectivity index (χ0v) is 12.2. The fraction of sp³-hybridized carbons (Fsp3) is 0.545. The number of aliphatic carboxylic acids is 1. The normalized spacial score (nSPS) is 24.2. The van der Waals surface area contributed by atoms with Crippen molar-refractivity contribution in [1.29, 1.82) is 0 Å². The summed E-state index contributed by atoms with van der Waals surface area (Å²) in [5.74, 6) is -0.538. The van der Waals surface area contributed by atoms with E-state index in [1.165, 1.54) is 28.0 Å². The van der Waals surface area contributed by atoms with E-state index in [1.54, 1.807) is 6.20 Å². The lowest BCUT2D eigenvalue weighted by molar-refractivity contribution is -0.141. The Labute approximate surface area is 119 Å². The van der Waals surface area contributed by atoms with Crippen molar-refractivity contribution in [3.63, 3.8) is 0 Å². The van der Waals surface area contributed by atoms with Crippen LogP contribution < -0.4 is 5.32 Å². The SMILES string of the molecule is CC(NC(=O)N1C(C)SCC1C(=O)O)c1nccs1. The molecule has 104 valence electrons. The van der Waals surface area contributed by atoms with Gasteiger partial charge in [-0.3, -0.25) is 4.90 Å². The number of carbonyl (C=O) groups is 2. The summed E-state index contributed by atoms with van der Waals surface area (Å²) < 4.78 is 0. The van der Waals surface area contributed by atoms with Crippen molar-refractivity contribution in [2.45, 2.75) is 31.3 Å². The third kappa shape index (κ3) is 3.01. The van der Waals surface area contributed by atoms with Gasteiger partial charge in [-0.05, 0) is 13.8 Å². The van der Waals surface area contributed by atoms with Crippen LogP contribution >= 0.6 is 23.1 Å². The minimum Gasteiger partial charge on any atom is -0.480 e. The van der Waals surface area contributed by atoms with Crippen molar-refractivity contribution in [3.8, 4) is 0 Å². The Kier molecular flexibility index (Phi) is 4.31. The Bertz CT molecular complexity index is 466. The molecular formula is C11H15N3O3S2. The van der Waals surface area contributed by atoms with Crippen LogP contribution in [0.4, 0.5) is 4.79 Å². The van der Waals surface area contributed by atoms with Crippen LogP contribution in [0.5, 0.6) is 0 Å². The summed E-state index contributed by atoms with van der Waals surface area (Å²) in [4.78, 5) is 28.8. The third-order valence-corrected chi connectivity index (χ3v) is 5.08. The highest BCUT2D eigenvalue weighted by atomic mass is 32.2. The molecule has 0 radical (unpaired) electrons. The number of carboxylic acid groups (broad SMARTS) is 1. The van der Waals surface area contributed by atoms with Crippen molar-refractivity contribution in [2.75, 3.05) is 5.75 Å². The number of carboxylic acids is 1. The Morgan fingerprint density at radius 1 is 1.63 bits per heavy atom. The fourth-order valence-electron chi connectivity index (χ4n) is 1.91. The highest BCUT2D eigenvalue weighted by Gasteiger charge is 2.39. The quantitative estimate of drug-likeness (QED) is 0.889. The number of nitrogens with zero attached hydrogens (tertiary/aromatic N) is 2. The molecule has 1 aromatic rings. The molecule has 19 heavy (non-hydrogen) atoms. The molecule has 0 saturated carbocycles. The van der Waals surface area contributed by atoms with E-state index in [2.05, 4.69) is 10.3 Å². The third-order valence-electron chi connectivity index (χ3n) is 2.90. The van der Waals surface area contributed by atoms with E-state index in [0.29, 0.717) is 5.75 Å². The lowest BCUT2D eigenvalue weighted by Gasteiger charge is -2.26. The van der Waals surface area contributed by atoms with Crippen LogP contribution in [0, 0.1) is 0 Å². The van der Waals surface area contributed by atoms with Gasteiger partial charge in [0.1, 0.15) is 11.0 Å². The molecule has 0 aliphatic carbocycles. The number of urea groups is 1. The smallest absolute Gasteiger partial charge is 0.327 e. The number of rotatable bonds is 3. The van der Waals surface area contributed by atoms with Crippen LogP contribution in [0.3, 0.4) is 0 Å². The molecule has 1 aliphatic rings. The molecule has 1 fully saturated rings. The standard InChI is InChI=1S/C11H15N3O3S2/c1-6(9-12-3-4-18-9)13-11(17)14-7(2)19-5-8(14)10(15)16/h3-4,6-8H,5H2,1-2H3,(H,13,17)(H,15,16). The predicted octanol–water partition coefficient (Wildman–Crippen LogP) is 1.76. The maximum Gasteiger partial charge on any atom is 0.327 e. The summed E-state index contributed by atoms with van der Waals surface area (Å²) in [5.41, 5.74) is 0. The molecule has 2 amide bonds. The van der Waals surface area contributed by atoms with Gasteiger partial charge in [0.25, 0.3) is 0 Å². The predicted molar refractivity (Wildman–Crippen MR) is 74.2 cm³/mol. The molecule has 1 saturated heterocycles. The van der Waals surface area contributed by atoms with Crippen molar-refractivity contribution in [2.24, 2.45) is 0 Å². The topological polar surface area (TPSA) is 82.5 Å². The molecule has 3 unspecified atom stereocenters. The van der Waals surface area contributed by atoms with E-state index in [0.717, 1.165) is 5.01 Å². The van der Waals surface area contributed by atoms with Gasteiger partial charge in [0.2, 0.25) is 0 Å². The second kappa shape index (κ2) is 5.79. The number of thiazole rings is 1. The summed E-state index contributed by atoms with van der Waals surface area (Å²) in [7, 11) is 0. The highest BCUT2D eigenvalue weighted by molar-refractivity contribution is 8.00. The van der Waals surface area contributed by atoms with Crippen molar-refractivity contribution in [3.05, 3.63) is 16.6 Å². The van der Waals surface area contributed by atoms with E-state index in [-0.39, 0.29) is 17.4 Å². The zero-order chi connectivity index (χ0) is 14.0. The maximum absolute atomic E-state index is 12.2. The molecule has 2 rings (SSSR count). The van der Waals surface area contributed by atoms with Gasteiger partial charge >= 0.3 is 12.0 Å². The van der Waals surface area contributed by atoms with E-state index >= 15 is 0 Å². The van der Waals surface area contributed by atoms with E-state index < -0.39 is 12.0 Å². The second-order valence-electron chi connectivity index (χ2n) is 4.24. The van der Waals surface area contributed by atoms with Gasteiger partial charge in [-0.15, -0.1) is 23.1 Å². The Morgan fingerprint density at radius 2 is 2.37 bits per heavy atom. The largest absolute Gasteiger partial charge is 0.480 e. The molecular weight excluding hydrogens is 286 g/mol. The summed E-state index contributed by atoms with van der Waals surface area (Å²) in [6.07, 6.45) is 1.68. The fourth-order valence-corrected chi connectivity index (χ4v) is 3.72. The zero-order valence-electron chi connectivity index (χ0n) is 10.6. The summed E-state index contributed by atoms with van der Waals surface area (Å²) in [6.45, 7) is 3.67. The number of nitrogens with one attached hydrogen (secondary N) is 1. The van der Waals surface area contributed by atoms with E-state index in [1.807, 2.05) is 19.2 Å². The van der Waals surface area contributed by atoms with Crippen LogP contribution in [-0.2, 0) is 4.79 Å². The molecule has 8 heteroatoms. The van der Waals surface area contributed by atoms with Gasteiger partial charge < -0.3 is 10.4 Å². The molecule has 2 heterocycles. The van der Waals surface area contributed by atoms with Crippen LogP contribution in [0.1, 0.15) is 24.9 Å². The van der Waals surface area contributed by atoms with Gasteiger partial charge in [0, 0.05) is 17.3 Å². The minimum atomic E-state index is -0.964. The monoisotopic (exact) mass is 301 g/mol.